The smallest absolute Gasteiger partial charge is 0.127 e. The lowest BCUT2D eigenvalue weighted by Gasteiger charge is -2.19. The van der Waals surface area contributed by atoms with Crippen molar-refractivity contribution in [1.29, 1.82) is 5.26 Å². The average Bonchev–Trinajstić information content (AvgIpc) is 2.82. The number of aromatic nitrogens is 3. The summed E-state index contributed by atoms with van der Waals surface area (Å²) in [6, 6.07) is 6.27. The van der Waals surface area contributed by atoms with Gasteiger partial charge < -0.3 is 5.32 Å². The maximum Gasteiger partial charge on any atom is 0.127 e. The molecular formula is C15H19N5. The molecule has 1 unspecified atom stereocenters. The second-order valence-corrected chi connectivity index (χ2v) is 4.88. The predicted molar refractivity (Wildman–Crippen MR) is 78.3 cm³/mol. The van der Waals surface area contributed by atoms with Crippen LogP contribution in [0.5, 0.6) is 0 Å². The first-order valence-corrected chi connectivity index (χ1v) is 6.69. The van der Waals surface area contributed by atoms with Gasteiger partial charge in [0, 0.05) is 13.2 Å². The molecule has 2 heterocycles. The summed E-state index contributed by atoms with van der Waals surface area (Å²) in [5.74, 6) is 0.798. The van der Waals surface area contributed by atoms with Crippen LogP contribution in [-0.2, 0) is 7.05 Å². The third-order valence-electron chi connectivity index (χ3n) is 3.46. The lowest BCUT2D eigenvalue weighted by molar-refractivity contribution is 0.632. The van der Waals surface area contributed by atoms with Crippen molar-refractivity contribution in [2.45, 2.75) is 33.2 Å². The Morgan fingerprint density at radius 1 is 1.45 bits per heavy atom. The highest BCUT2D eigenvalue weighted by Gasteiger charge is 2.14. The zero-order valence-electron chi connectivity index (χ0n) is 12.3. The molecule has 2 rings (SSSR count). The molecule has 20 heavy (non-hydrogen) atoms. The number of hydrogen-bond donors (Lipinski definition) is 1. The first kappa shape index (κ1) is 14.1. The first-order chi connectivity index (χ1) is 9.56. The number of nitriles is 1. The molecule has 0 radical (unpaired) electrons. The lowest BCUT2D eigenvalue weighted by atomic mass is 10.1. The van der Waals surface area contributed by atoms with Crippen LogP contribution in [0.25, 0.3) is 0 Å². The molecule has 0 aromatic carbocycles. The van der Waals surface area contributed by atoms with E-state index in [9.17, 15) is 0 Å². The molecule has 1 atom stereocenters. The van der Waals surface area contributed by atoms with Crippen LogP contribution in [0.15, 0.2) is 18.3 Å². The van der Waals surface area contributed by atoms with Gasteiger partial charge >= 0.3 is 0 Å². The van der Waals surface area contributed by atoms with Crippen molar-refractivity contribution < 1.29 is 0 Å². The Hall–Kier alpha value is -2.35. The molecule has 0 amide bonds. The lowest BCUT2D eigenvalue weighted by Crippen LogP contribution is -2.15. The van der Waals surface area contributed by atoms with Crippen LogP contribution in [0, 0.1) is 25.2 Å². The van der Waals surface area contributed by atoms with Gasteiger partial charge in [-0.1, -0.05) is 6.92 Å². The van der Waals surface area contributed by atoms with Gasteiger partial charge in [-0.3, -0.25) is 4.68 Å². The van der Waals surface area contributed by atoms with Gasteiger partial charge in [-0.15, -0.1) is 0 Å². The van der Waals surface area contributed by atoms with Crippen LogP contribution >= 0.6 is 0 Å². The molecule has 0 saturated heterocycles. The average molecular weight is 269 g/mol. The molecule has 5 nitrogen and oxygen atoms in total. The van der Waals surface area contributed by atoms with Crippen molar-refractivity contribution in [2.24, 2.45) is 7.05 Å². The van der Waals surface area contributed by atoms with Gasteiger partial charge in [-0.2, -0.15) is 10.4 Å². The summed E-state index contributed by atoms with van der Waals surface area (Å²) in [7, 11) is 1.93. The van der Waals surface area contributed by atoms with Crippen molar-refractivity contribution in [1.82, 2.24) is 14.8 Å². The molecule has 5 heteroatoms. The first-order valence-electron chi connectivity index (χ1n) is 6.69. The fraction of sp³-hybridized carbons (Fsp3) is 0.400. The summed E-state index contributed by atoms with van der Waals surface area (Å²) in [6.45, 7) is 5.92. The SMILES string of the molecule is CCC(Nc1cc(C)c(C#N)c(C)n1)c1ccnn1C. The molecular weight excluding hydrogens is 250 g/mol. The molecule has 2 aromatic heterocycles. The zero-order chi connectivity index (χ0) is 14.7. The van der Waals surface area contributed by atoms with Crippen molar-refractivity contribution in [3.63, 3.8) is 0 Å². The van der Waals surface area contributed by atoms with Crippen molar-refractivity contribution in [3.8, 4) is 6.07 Å². The van der Waals surface area contributed by atoms with E-state index < -0.39 is 0 Å². The van der Waals surface area contributed by atoms with E-state index in [2.05, 4.69) is 28.4 Å². The van der Waals surface area contributed by atoms with E-state index in [1.165, 1.54) is 0 Å². The number of rotatable bonds is 4. The highest BCUT2D eigenvalue weighted by atomic mass is 15.3. The van der Waals surface area contributed by atoms with Gasteiger partial charge in [0.15, 0.2) is 0 Å². The molecule has 0 fully saturated rings. The minimum absolute atomic E-state index is 0.154. The van der Waals surface area contributed by atoms with Gasteiger partial charge in [0.05, 0.1) is 23.0 Å². The molecule has 0 bridgehead atoms. The maximum absolute atomic E-state index is 9.08. The molecule has 2 aromatic rings. The fourth-order valence-corrected chi connectivity index (χ4v) is 2.36. The van der Waals surface area contributed by atoms with Crippen molar-refractivity contribution in [2.75, 3.05) is 5.32 Å². The van der Waals surface area contributed by atoms with E-state index in [-0.39, 0.29) is 6.04 Å². The van der Waals surface area contributed by atoms with Crippen LogP contribution in [0.3, 0.4) is 0 Å². The summed E-state index contributed by atoms with van der Waals surface area (Å²) in [5, 5.41) is 16.7. The topological polar surface area (TPSA) is 66.5 Å². The van der Waals surface area contributed by atoms with E-state index in [1.54, 1.807) is 6.20 Å². The summed E-state index contributed by atoms with van der Waals surface area (Å²) < 4.78 is 1.87. The zero-order valence-corrected chi connectivity index (χ0v) is 12.3. The van der Waals surface area contributed by atoms with E-state index in [0.29, 0.717) is 5.56 Å². The van der Waals surface area contributed by atoms with Crippen LogP contribution in [0.2, 0.25) is 0 Å². The fourth-order valence-electron chi connectivity index (χ4n) is 2.36. The summed E-state index contributed by atoms with van der Waals surface area (Å²) in [4.78, 5) is 4.47. The molecule has 0 saturated carbocycles. The number of anilines is 1. The van der Waals surface area contributed by atoms with Gasteiger partial charge in [0.2, 0.25) is 0 Å². The third kappa shape index (κ3) is 2.64. The molecule has 104 valence electrons. The Morgan fingerprint density at radius 2 is 2.20 bits per heavy atom. The molecule has 0 aliphatic rings. The largest absolute Gasteiger partial charge is 0.362 e. The number of nitrogens with zero attached hydrogens (tertiary/aromatic N) is 4. The Balaban J connectivity index is 2.30. The van der Waals surface area contributed by atoms with Crippen LogP contribution in [0.1, 0.15) is 41.9 Å². The summed E-state index contributed by atoms with van der Waals surface area (Å²) in [5.41, 5.74) is 3.48. The Bertz CT molecular complexity index is 628. The second kappa shape index (κ2) is 5.74. The van der Waals surface area contributed by atoms with Crippen LogP contribution in [0.4, 0.5) is 5.82 Å². The predicted octanol–water partition coefficient (Wildman–Crippen LogP) is 2.87. The molecule has 0 spiro atoms. The Kier molecular flexibility index (Phi) is 4.04. The number of pyridine rings is 1. The summed E-state index contributed by atoms with van der Waals surface area (Å²) >= 11 is 0. The van der Waals surface area contributed by atoms with Crippen LogP contribution in [-0.4, -0.2) is 14.8 Å². The van der Waals surface area contributed by atoms with Gasteiger partial charge in [-0.05, 0) is 38.0 Å². The van der Waals surface area contributed by atoms with E-state index >= 15 is 0 Å². The monoisotopic (exact) mass is 269 g/mol. The van der Waals surface area contributed by atoms with Crippen molar-refractivity contribution in [3.05, 3.63) is 40.8 Å². The van der Waals surface area contributed by atoms with Crippen LogP contribution < -0.4 is 5.32 Å². The van der Waals surface area contributed by atoms with Gasteiger partial charge in [0.25, 0.3) is 0 Å². The van der Waals surface area contributed by atoms with E-state index in [4.69, 9.17) is 5.26 Å². The molecule has 0 aliphatic heterocycles. The molecule has 1 N–H and O–H groups in total. The normalized spacial score (nSPS) is 11.9. The molecule has 0 aliphatic carbocycles. The number of nitrogens with one attached hydrogen (secondary N) is 1. The number of hydrogen-bond acceptors (Lipinski definition) is 4. The van der Waals surface area contributed by atoms with Crippen molar-refractivity contribution >= 4 is 5.82 Å². The standard InChI is InChI=1S/C15H19N5/c1-5-13(14-6-7-17-20(14)4)19-15-8-10(2)12(9-16)11(3)18-15/h6-8,13H,5H2,1-4H3,(H,18,19). The van der Waals surface area contributed by atoms with Gasteiger partial charge in [0.1, 0.15) is 11.9 Å². The highest BCUT2D eigenvalue weighted by Crippen LogP contribution is 2.23. The Labute approximate surface area is 119 Å². The van der Waals surface area contributed by atoms with E-state index in [1.807, 2.05) is 37.7 Å². The quantitative estimate of drug-likeness (QED) is 0.926. The maximum atomic E-state index is 9.08. The highest BCUT2D eigenvalue weighted by molar-refractivity contribution is 5.49. The summed E-state index contributed by atoms with van der Waals surface area (Å²) in [6.07, 6.45) is 2.72. The van der Waals surface area contributed by atoms with Gasteiger partial charge in [-0.25, -0.2) is 4.98 Å². The minimum atomic E-state index is 0.154. The number of aryl methyl sites for hydroxylation is 3. The third-order valence-corrected chi connectivity index (χ3v) is 3.46. The minimum Gasteiger partial charge on any atom is -0.362 e. The Morgan fingerprint density at radius 3 is 2.70 bits per heavy atom. The second-order valence-electron chi connectivity index (χ2n) is 4.88. The van der Waals surface area contributed by atoms with E-state index in [0.717, 1.165) is 29.2 Å².